The lowest BCUT2D eigenvalue weighted by Gasteiger charge is -2.22. The van der Waals surface area contributed by atoms with Crippen molar-refractivity contribution < 1.29 is 13.2 Å². The molecule has 0 saturated carbocycles. The van der Waals surface area contributed by atoms with Gasteiger partial charge in [-0.3, -0.25) is 0 Å². The highest BCUT2D eigenvalue weighted by Crippen LogP contribution is 2.13. The van der Waals surface area contributed by atoms with Crippen LogP contribution in [0.15, 0.2) is 0 Å². The molecule has 1 heterocycles. The van der Waals surface area contributed by atoms with Crippen LogP contribution in [0.1, 0.15) is 12.8 Å². The second-order valence-electron chi connectivity index (χ2n) is 3.31. The molecule has 0 spiro atoms. The summed E-state index contributed by atoms with van der Waals surface area (Å²) in [5, 5.41) is 3.00. The first-order valence-corrected chi connectivity index (χ1v) is 6.29. The van der Waals surface area contributed by atoms with Crippen molar-refractivity contribution >= 4 is 9.84 Å². The molecule has 5 heteroatoms. The summed E-state index contributed by atoms with van der Waals surface area (Å²) in [6.07, 6.45) is 1.48. The predicted octanol–water partition coefficient (Wildman–Crippen LogP) is -0.200. The number of methoxy groups -OCH3 is 1. The van der Waals surface area contributed by atoms with Crippen molar-refractivity contribution in [3.63, 3.8) is 0 Å². The van der Waals surface area contributed by atoms with E-state index in [9.17, 15) is 8.42 Å². The van der Waals surface area contributed by atoms with E-state index in [-0.39, 0.29) is 11.0 Å². The number of sulfone groups is 1. The minimum absolute atomic E-state index is 0.149. The van der Waals surface area contributed by atoms with E-state index < -0.39 is 9.84 Å². The van der Waals surface area contributed by atoms with Crippen LogP contribution >= 0.6 is 0 Å². The van der Waals surface area contributed by atoms with Gasteiger partial charge in [-0.05, 0) is 25.9 Å². The Morgan fingerprint density at radius 2 is 2.00 bits per heavy atom. The third-order valence-corrected chi connectivity index (χ3v) is 4.59. The third-order valence-electron chi connectivity index (χ3n) is 2.37. The minimum atomic E-state index is -2.91. The van der Waals surface area contributed by atoms with Crippen LogP contribution in [0.2, 0.25) is 0 Å². The van der Waals surface area contributed by atoms with E-state index in [2.05, 4.69) is 5.32 Å². The molecule has 0 radical (unpaired) electrons. The van der Waals surface area contributed by atoms with E-state index in [4.69, 9.17) is 4.74 Å². The fourth-order valence-electron chi connectivity index (χ4n) is 1.52. The van der Waals surface area contributed by atoms with Crippen LogP contribution in [-0.4, -0.2) is 46.2 Å². The zero-order valence-electron chi connectivity index (χ0n) is 7.95. The summed E-state index contributed by atoms with van der Waals surface area (Å²) in [5.41, 5.74) is 0. The molecule has 1 aliphatic heterocycles. The van der Waals surface area contributed by atoms with Gasteiger partial charge in [-0.1, -0.05) is 0 Å². The van der Waals surface area contributed by atoms with E-state index in [1.54, 1.807) is 0 Å². The topological polar surface area (TPSA) is 55.4 Å². The molecule has 0 bridgehead atoms. The maximum atomic E-state index is 11.6. The summed E-state index contributed by atoms with van der Waals surface area (Å²) in [7, 11) is -1.38. The Morgan fingerprint density at radius 3 is 2.54 bits per heavy atom. The Labute approximate surface area is 79.6 Å². The van der Waals surface area contributed by atoms with Crippen LogP contribution in [0.4, 0.5) is 0 Å². The molecule has 0 aromatic carbocycles. The SMILES string of the molecule is COCCS(=O)(=O)C1CCNCC1. The molecule has 1 aliphatic rings. The Kier molecular flexibility index (Phi) is 4.15. The minimum Gasteiger partial charge on any atom is -0.384 e. The van der Waals surface area contributed by atoms with Crippen molar-refractivity contribution in [1.82, 2.24) is 5.32 Å². The molecule has 0 aliphatic carbocycles. The molecule has 1 N–H and O–H groups in total. The Hall–Kier alpha value is -0.130. The van der Waals surface area contributed by atoms with Crippen LogP contribution in [0.5, 0.6) is 0 Å². The van der Waals surface area contributed by atoms with Crippen LogP contribution in [0.25, 0.3) is 0 Å². The molecular formula is C8H17NO3S. The summed E-state index contributed by atoms with van der Waals surface area (Å²) in [4.78, 5) is 0. The van der Waals surface area contributed by atoms with Gasteiger partial charge in [-0.25, -0.2) is 8.42 Å². The zero-order chi connectivity index (χ0) is 9.73. The average Bonchev–Trinajstić information content (AvgIpc) is 2.16. The smallest absolute Gasteiger partial charge is 0.155 e. The van der Waals surface area contributed by atoms with Gasteiger partial charge in [0, 0.05) is 7.11 Å². The molecule has 0 aromatic heterocycles. The molecule has 4 nitrogen and oxygen atoms in total. The Morgan fingerprint density at radius 1 is 1.38 bits per heavy atom. The van der Waals surface area contributed by atoms with Gasteiger partial charge in [0.05, 0.1) is 17.6 Å². The predicted molar refractivity (Wildman–Crippen MR) is 51.6 cm³/mol. The van der Waals surface area contributed by atoms with Crippen LogP contribution < -0.4 is 5.32 Å². The number of hydrogen-bond donors (Lipinski definition) is 1. The van der Waals surface area contributed by atoms with Gasteiger partial charge in [0.25, 0.3) is 0 Å². The summed E-state index contributed by atoms with van der Waals surface area (Å²) < 4.78 is 28.0. The standard InChI is InChI=1S/C8H17NO3S/c1-12-6-7-13(10,11)8-2-4-9-5-3-8/h8-9H,2-7H2,1H3. The maximum absolute atomic E-state index is 11.6. The van der Waals surface area contributed by atoms with E-state index in [1.165, 1.54) is 7.11 Å². The largest absolute Gasteiger partial charge is 0.384 e. The number of ether oxygens (including phenoxy) is 1. The lowest BCUT2D eigenvalue weighted by Crippen LogP contribution is -2.37. The van der Waals surface area contributed by atoms with Gasteiger partial charge in [-0.2, -0.15) is 0 Å². The van der Waals surface area contributed by atoms with Gasteiger partial charge < -0.3 is 10.1 Å². The number of hydrogen-bond acceptors (Lipinski definition) is 4. The first kappa shape index (κ1) is 10.9. The molecule has 0 atom stereocenters. The summed E-state index contributed by atoms with van der Waals surface area (Å²) in [6.45, 7) is 1.94. The van der Waals surface area contributed by atoms with Crippen LogP contribution in [0.3, 0.4) is 0 Å². The monoisotopic (exact) mass is 207 g/mol. The Bertz CT molecular complexity index is 232. The average molecular weight is 207 g/mol. The highest BCUT2D eigenvalue weighted by atomic mass is 32.2. The molecule has 1 saturated heterocycles. The molecule has 13 heavy (non-hydrogen) atoms. The van der Waals surface area contributed by atoms with Crippen LogP contribution in [0, 0.1) is 0 Å². The van der Waals surface area contributed by atoms with Gasteiger partial charge in [0.15, 0.2) is 9.84 Å². The number of piperidine rings is 1. The van der Waals surface area contributed by atoms with Gasteiger partial charge in [-0.15, -0.1) is 0 Å². The molecule has 1 rings (SSSR count). The molecule has 0 unspecified atom stereocenters. The zero-order valence-corrected chi connectivity index (χ0v) is 8.77. The van der Waals surface area contributed by atoms with Crippen molar-refractivity contribution in [2.24, 2.45) is 0 Å². The summed E-state index contributed by atoms with van der Waals surface area (Å²) >= 11 is 0. The van der Waals surface area contributed by atoms with E-state index in [1.807, 2.05) is 0 Å². The molecule has 1 fully saturated rings. The van der Waals surface area contributed by atoms with Gasteiger partial charge >= 0.3 is 0 Å². The summed E-state index contributed by atoms with van der Waals surface area (Å²) in [6, 6.07) is 0. The lowest BCUT2D eigenvalue weighted by molar-refractivity contribution is 0.216. The Balaban J connectivity index is 2.47. The second kappa shape index (κ2) is 4.93. The second-order valence-corrected chi connectivity index (χ2v) is 5.71. The molecular weight excluding hydrogens is 190 g/mol. The molecule has 0 amide bonds. The number of nitrogens with one attached hydrogen (secondary N) is 1. The highest BCUT2D eigenvalue weighted by Gasteiger charge is 2.26. The fourth-order valence-corrected chi connectivity index (χ4v) is 3.21. The normalized spacial score (nSPS) is 20.4. The fraction of sp³-hybridized carbons (Fsp3) is 1.00. The van der Waals surface area contributed by atoms with Crippen molar-refractivity contribution in [3.05, 3.63) is 0 Å². The first-order chi connectivity index (χ1) is 6.17. The third kappa shape index (κ3) is 3.25. The van der Waals surface area contributed by atoms with Crippen LogP contribution in [-0.2, 0) is 14.6 Å². The molecule has 78 valence electrons. The van der Waals surface area contributed by atoms with Crippen molar-refractivity contribution in [1.29, 1.82) is 0 Å². The molecule has 0 aromatic rings. The van der Waals surface area contributed by atoms with E-state index in [0.717, 1.165) is 25.9 Å². The van der Waals surface area contributed by atoms with E-state index >= 15 is 0 Å². The maximum Gasteiger partial charge on any atom is 0.155 e. The number of rotatable bonds is 4. The quantitative estimate of drug-likeness (QED) is 0.693. The van der Waals surface area contributed by atoms with E-state index in [0.29, 0.717) is 6.61 Å². The summed E-state index contributed by atoms with van der Waals surface area (Å²) in [5.74, 6) is 0.161. The van der Waals surface area contributed by atoms with Crippen molar-refractivity contribution in [2.75, 3.05) is 32.6 Å². The first-order valence-electron chi connectivity index (χ1n) is 4.58. The van der Waals surface area contributed by atoms with Gasteiger partial charge in [0.1, 0.15) is 0 Å². The highest BCUT2D eigenvalue weighted by molar-refractivity contribution is 7.92. The lowest BCUT2D eigenvalue weighted by atomic mass is 10.2. The van der Waals surface area contributed by atoms with Crippen molar-refractivity contribution in [2.45, 2.75) is 18.1 Å². The van der Waals surface area contributed by atoms with Crippen molar-refractivity contribution in [3.8, 4) is 0 Å². The van der Waals surface area contributed by atoms with Gasteiger partial charge in [0.2, 0.25) is 0 Å².